The van der Waals surface area contributed by atoms with E-state index in [1.54, 1.807) is 0 Å². The summed E-state index contributed by atoms with van der Waals surface area (Å²) in [4.78, 5) is 2.94. The van der Waals surface area contributed by atoms with Crippen molar-refractivity contribution in [3.63, 3.8) is 0 Å². The van der Waals surface area contributed by atoms with Crippen LogP contribution in [0.1, 0.15) is 0 Å². The molecule has 7 heteroatoms. The molecule has 0 saturated heterocycles. The Balaban J connectivity index is 0.00000121. The first-order chi connectivity index (χ1) is 5.00. The van der Waals surface area contributed by atoms with E-state index in [0.717, 1.165) is 18.2 Å². The van der Waals surface area contributed by atoms with E-state index in [-0.39, 0.29) is 29.6 Å². The molecule has 0 unspecified atom stereocenters. The number of hydrogen-bond acceptors (Lipinski definition) is 3. The second-order valence-electron chi connectivity index (χ2n) is 1.77. The fourth-order valence-corrected chi connectivity index (χ4v) is 0.986. The van der Waals surface area contributed by atoms with Crippen LogP contribution in [-0.4, -0.2) is 47.5 Å². The summed E-state index contributed by atoms with van der Waals surface area (Å²) >= 11 is 0. The van der Waals surface area contributed by atoms with Crippen molar-refractivity contribution in [2.45, 2.75) is 5.03 Å². The fourth-order valence-electron chi connectivity index (χ4n) is 0.533. The molecule has 4 nitrogen and oxygen atoms in total. The summed E-state index contributed by atoms with van der Waals surface area (Å²) in [5.74, 6) is -0.944. The molecular formula is C5H5FNNaO3S. The first-order valence-electron chi connectivity index (χ1n) is 2.60. The number of hydrogen-bond donors (Lipinski definition) is 1. The van der Waals surface area contributed by atoms with Crippen LogP contribution < -0.4 is 0 Å². The molecule has 0 fully saturated rings. The van der Waals surface area contributed by atoms with E-state index in [1.165, 1.54) is 0 Å². The quantitative estimate of drug-likeness (QED) is 0.389. The molecule has 0 spiro atoms. The van der Waals surface area contributed by atoms with Gasteiger partial charge >= 0.3 is 39.7 Å². The zero-order valence-corrected chi connectivity index (χ0v) is 6.05. The SMILES string of the molecule is O=S(=O)(O)c1cccc(F)n1.[NaH]. The minimum atomic E-state index is -4.38. The Hall–Kier alpha value is -0.0100. The van der Waals surface area contributed by atoms with Crippen LogP contribution in [0.4, 0.5) is 4.39 Å². The molecule has 1 rings (SSSR count). The Kier molecular flexibility index (Phi) is 4.29. The van der Waals surface area contributed by atoms with Crippen molar-refractivity contribution in [3.05, 3.63) is 24.1 Å². The van der Waals surface area contributed by atoms with Crippen LogP contribution in [0, 0.1) is 5.95 Å². The summed E-state index contributed by atoms with van der Waals surface area (Å²) in [6.45, 7) is 0. The molecule has 0 aliphatic carbocycles. The molecule has 12 heavy (non-hydrogen) atoms. The van der Waals surface area contributed by atoms with Gasteiger partial charge in [-0.3, -0.25) is 4.55 Å². The van der Waals surface area contributed by atoms with E-state index < -0.39 is 21.1 Å². The van der Waals surface area contributed by atoms with Gasteiger partial charge in [-0.15, -0.1) is 0 Å². The van der Waals surface area contributed by atoms with Crippen molar-refractivity contribution in [3.8, 4) is 0 Å². The predicted molar refractivity (Wildman–Crippen MR) is 41.2 cm³/mol. The van der Waals surface area contributed by atoms with Crippen LogP contribution in [0.2, 0.25) is 0 Å². The Morgan fingerprint density at radius 3 is 2.33 bits per heavy atom. The molecule has 0 bridgehead atoms. The molecule has 0 aliphatic heterocycles. The molecule has 0 aromatic carbocycles. The maximum atomic E-state index is 12.2. The van der Waals surface area contributed by atoms with E-state index in [4.69, 9.17) is 4.55 Å². The Labute approximate surface area is 90.9 Å². The topological polar surface area (TPSA) is 67.3 Å². The average Bonchev–Trinajstić information content (AvgIpc) is 1.86. The van der Waals surface area contributed by atoms with Gasteiger partial charge in [-0.05, 0) is 12.1 Å². The summed E-state index contributed by atoms with van der Waals surface area (Å²) in [7, 11) is -4.38. The molecule has 0 radical (unpaired) electrons. The van der Waals surface area contributed by atoms with Gasteiger partial charge in [0.1, 0.15) is 0 Å². The van der Waals surface area contributed by atoms with E-state index >= 15 is 0 Å². The number of halogens is 1. The van der Waals surface area contributed by atoms with Crippen LogP contribution in [0.15, 0.2) is 23.2 Å². The van der Waals surface area contributed by atoms with Gasteiger partial charge in [0.25, 0.3) is 0 Å². The van der Waals surface area contributed by atoms with Gasteiger partial charge in [-0.25, -0.2) is 4.98 Å². The van der Waals surface area contributed by atoms with Gasteiger partial charge in [0, 0.05) is 0 Å². The normalized spacial score (nSPS) is 10.5. The molecule has 1 heterocycles. The fraction of sp³-hybridized carbons (Fsp3) is 0. The van der Waals surface area contributed by atoms with Crippen LogP contribution in [-0.2, 0) is 10.1 Å². The predicted octanol–water partition coefficient (Wildman–Crippen LogP) is -0.181. The van der Waals surface area contributed by atoms with Gasteiger partial charge in [0.05, 0.1) is 0 Å². The van der Waals surface area contributed by atoms with Gasteiger partial charge in [0.15, 0.2) is 5.03 Å². The summed E-state index contributed by atoms with van der Waals surface area (Å²) in [5, 5.41) is -0.683. The maximum absolute atomic E-state index is 12.2. The molecule has 0 atom stereocenters. The third-order valence-corrected chi connectivity index (χ3v) is 1.71. The summed E-state index contributed by atoms with van der Waals surface area (Å²) in [6.07, 6.45) is 0. The summed E-state index contributed by atoms with van der Waals surface area (Å²) in [6, 6.07) is 3.12. The van der Waals surface area contributed by atoms with Crippen molar-refractivity contribution < 1.29 is 17.4 Å². The number of nitrogens with zero attached hydrogens (tertiary/aromatic N) is 1. The van der Waals surface area contributed by atoms with Crippen molar-refractivity contribution in [2.24, 2.45) is 0 Å². The van der Waals surface area contributed by atoms with Crippen molar-refractivity contribution >= 4 is 39.7 Å². The summed E-state index contributed by atoms with van der Waals surface area (Å²) in [5.41, 5.74) is 0. The first-order valence-corrected chi connectivity index (χ1v) is 4.04. The first kappa shape index (κ1) is 12.0. The number of aromatic nitrogens is 1. The molecule has 0 amide bonds. The molecule has 1 aromatic rings. The van der Waals surface area contributed by atoms with Crippen molar-refractivity contribution in [2.75, 3.05) is 0 Å². The van der Waals surface area contributed by atoms with Crippen LogP contribution in [0.25, 0.3) is 0 Å². The number of rotatable bonds is 1. The zero-order valence-electron chi connectivity index (χ0n) is 5.23. The van der Waals surface area contributed by atoms with Gasteiger partial charge in [0.2, 0.25) is 5.95 Å². The second-order valence-corrected chi connectivity index (χ2v) is 3.14. The summed E-state index contributed by atoms with van der Waals surface area (Å²) < 4.78 is 41.2. The monoisotopic (exact) mass is 201 g/mol. The van der Waals surface area contributed by atoms with E-state index in [9.17, 15) is 12.8 Å². The van der Waals surface area contributed by atoms with Crippen LogP contribution >= 0.6 is 0 Å². The zero-order chi connectivity index (χ0) is 8.48. The van der Waals surface area contributed by atoms with Crippen LogP contribution in [0.5, 0.6) is 0 Å². The molecule has 62 valence electrons. The van der Waals surface area contributed by atoms with Crippen molar-refractivity contribution in [1.82, 2.24) is 4.98 Å². The molecule has 1 N–H and O–H groups in total. The minimum absolute atomic E-state index is 0. The molecular weight excluding hydrogens is 196 g/mol. The third kappa shape index (κ3) is 3.16. The standard InChI is InChI=1S/C5H4FNO3S.Na.H/c6-4-2-1-3-5(7-4)11(8,9)10;;/h1-3H,(H,8,9,10);;. The Morgan fingerprint density at radius 1 is 1.42 bits per heavy atom. The Morgan fingerprint density at radius 2 is 2.00 bits per heavy atom. The van der Waals surface area contributed by atoms with E-state index in [1.807, 2.05) is 0 Å². The van der Waals surface area contributed by atoms with E-state index in [0.29, 0.717) is 0 Å². The third-order valence-electron chi connectivity index (χ3n) is 0.954. The second kappa shape index (κ2) is 4.29. The van der Waals surface area contributed by atoms with Gasteiger partial charge in [-0.1, -0.05) is 6.07 Å². The molecule has 1 aromatic heterocycles. The van der Waals surface area contributed by atoms with Crippen LogP contribution in [0.3, 0.4) is 0 Å². The van der Waals surface area contributed by atoms with E-state index in [2.05, 4.69) is 4.98 Å². The average molecular weight is 201 g/mol. The molecule has 0 saturated carbocycles. The number of pyridine rings is 1. The molecule has 0 aliphatic rings. The van der Waals surface area contributed by atoms with Crippen molar-refractivity contribution in [1.29, 1.82) is 0 Å². The van der Waals surface area contributed by atoms with Gasteiger partial charge in [-0.2, -0.15) is 12.8 Å². The Bertz CT molecular complexity index is 367. The van der Waals surface area contributed by atoms with Gasteiger partial charge < -0.3 is 0 Å².